The molecule has 0 saturated heterocycles. The maximum absolute atomic E-state index is 13.3. The lowest BCUT2D eigenvalue weighted by Gasteiger charge is -2.13. The van der Waals surface area contributed by atoms with E-state index in [9.17, 15) is 13.9 Å². The number of ether oxygens (including phenoxy) is 1. The Labute approximate surface area is 115 Å². The van der Waals surface area contributed by atoms with E-state index < -0.39 is 17.7 Å². The molecular weight excluding hydrogens is 268 g/mol. The van der Waals surface area contributed by atoms with E-state index in [0.29, 0.717) is 5.76 Å². The molecule has 1 heterocycles. The van der Waals surface area contributed by atoms with E-state index in [-0.39, 0.29) is 25.4 Å². The number of para-hydroxylation sites is 1. The SMILES string of the molecule is OC(CNc1c(F)cccc1F)COCc1ccco1. The first-order chi connectivity index (χ1) is 9.66. The molecule has 0 fully saturated rings. The van der Waals surface area contributed by atoms with Crippen molar-refractivity contribution in [1.29, 1.82) is 0 Å². The van der Waals surface area contributed by atoms with E-state index in [1.807, 2.05) is 0 Å². The Balaban J connectivity index is 1.73. The Morgan fingerprint density at radius 3 is 2.60 bits per heavy atom. The molecule has 1 atom stereocenters. The molecule has 2 N–H and O–H groups in total. The predicted octanol–water partition coefficient (Wildman–Crippen LogP) is 2.55. The minimum Gasteiger partial charge on any atom is -0.467 e. The second kappa shape index (κ2) is 7.02. The molecule has 0 spiro atoms. The first-order valence-electron chi connectivity index (χ1n) is 6.13. The first-order valence-corrected chi connectivity index (χ1v) is 6.13. The molecule has 6 heteroatoms. The largest absolute Gasteiger partial charge is 0.467 e. The number of furan rings is 1. The summed E-state index contributed by atoms with van der Waals surface area (Å²) in [5.74, 6) is -0.757. The molecule has 0 bridgehead atoms. The summed E-state index contributed by atoms with van der Waals surface area (Å²) >= 11 is 0. The van der Waals surface area contributed by atoms with Crippen LogP contribution in [0.4, 0.5) is 14.5 Å². The van der Waals surface area contributed by atoms with Crippen molar-refractivity contribution in [3.63, 3.8) is 0 Å². The average Bonchev–Trinajstić information content (AvgIpc) is 2.91. The van der Waals surface area contributed by atoms with Gasteiger partial charge in [0.15, 0.2) is 0 Å². The highest BCUT2D eigenvalue weighted by molar-refractivity contribution is 5.46. The van der Waals surface area contributed by atoms with Gasteiger partial charge < -0.3 is 19.6 Å². The van der Waals surface area contributed by atoms with Crippen molar-refractivity contribution in [1.82, 2.24) is 0 Å². The number of rotatable bonds is 7. The second-order valence-corrected chi connectivity index (χ2v) is 4.23. The minimum absolute atomic E-state index is 0.0178. The highest BCUT2D eigenvalue weighted by Gasteiger charge is 2.10. The van der Waals surface area contributed by atoms with Gasteiger partial charge in [-0.2, -0.15) is 0 Å². The van der Waals surface area contributed by atoms with Crippen LogP contribution in [-0.2, 0) is 11.3 Å². The van der Waals surface area contributed by atoms with Gasteiger partial charge in [-0.15, -0.1) is 0 Å². The first kappa shape index (κ1) is 14.5. The maximum Gasteiger partial charge on any atom is 0.149 e. The fourth-order valence-corrected chi connectivity index (χ4v) is 1.64. The Bertz CT molecular complexity index is 511. The lowest BCUT2D eigenvalue weighted by Crippen LogP contribution is -2.25. The van der Waals surface area contributed by atoms with Crippen molar-refractivity contribution in [3.8, 4) is 0 Å². The molecule has 108 valence electrons. The van der Waals surface area contributed by atoms with Crippen LogP contribution in [0.1, 0.15) is 5.76 Å². The van der Waals surface area contributed by atoms with Gasteiger partial charge in [0, 0.05) is 6.54 Å². The van der Waals surface area contributed by atoms with Gasteiger partial charge in [0.25, 0.3) is 0 Å². The number of hydrogen-bond donors (Lipinski definition) is 2. The molecule has 20 heavy (non-hydrogen) atoms. The van der Waals surface area contributed by atoms with Crippen LogP contribution in [0, 0.1) is 11.6 Å². The van der Waals surface area contributed by atoms with Crippen LogP contribution in [0.25, 0.3) is 0 Å². The van der Waals surface area contributed by atoms with Crippen molar-refractivity contribution >= 4 is 5.69 Å². The fraction of sp³-hybridized carbons (Fsp3) is 0.286. The number of benzene rings is 1. The second-order valence-electron chi connectivity index (χ2n) is 4.23. The van der Waals surface area contributed by atoms with E-state index in [2.05, 4.69) is 5.32 Å². The third-order valence-electron chi connectivity index (χ3n) is 2.61. The summed E-state index contributed by atoms with van der Waals surface area (Å²) in [5.41, 5.74) is -0.252. The van der Waals surface area contributed by atoms with Crippen LogP contribution >= 0.6 is 0 Å². The minimum atomic E-state index is -0.885. The number of nitrogens with one attached hydrogen (secondary N) is 1. The van der Waals surface area contributed by atoms with E-state index in [0.717, 1.165) is 12.1 Å². The van der Waals surface area contributed by atoms with Crippen LogP contribution < -0.4 is 5.32 Å². The summed E-state index contributed by atoms with van der Waals surface area (Å²) in [6.07, 6.45) is 0.640. The van der Waals surface area contributed by atoms with E-state index in [4.69, 9.17) is 9.15 Å². The standard InChI is InChI=1S/C14H15F2NO3/c15-12-4-1-5-13(16)14(12)17-7-10(18)8-19-9-11-3-2-6-20-11/h1-6,10,17-18H,7-9H2. The van der Waals surface area contributed by atoms with Gasteiger partial charge in [-0.25, -0.2) is 8.78 Å². The normalized spacial score (nSPS) is 12.3. The van der Waals surface area contributed by atoms with Gasteiger partial charge in [0.2, 0.25) is 0 Å². The number of halogens is 2. The molecule has 4 nitrogen and oxygen atoms in total. The molecule has 2 aromatic rings. The Kier molecular flexibility index (Phi) is 5.09. The van der Waals surface area contributed by atoms with Crippen molar-refractivity contribution in [2.75, 3.05) is 18.5 Å². The summed E-state index contributed by atoms with van der Waals surface area (Å²) in [7, 11) is 0. The summed E-state index contributed by atoms with van der Waals surface area (Å²) in [6, 6.07) is 7.05. The molecule has 2 rings (SSSR count). The number of aliphatic hydroxyl groups excluding tert-OH is 1. The third kappa shape index (κ3) is 4.04. The Morgan fingerprint density at radius 2 is 1.95 bits per heavy atom. The van der Waals surface area contributed by atoms with Gasteiger partial charge in [-0.1, -0.05) is 6.07 Å². The zero-order chi connectivity index (χ0) is 14.4. The Hall–Kier alpha value is -1.92. The third-order valence-corrected chi connectivity index (χ3v) is 2.61. The zero-order valence-corrected chi connectivity index (χ0v) is 10.7. The quantitative estimate of drug-likeness (QED) is 0.820. The monoisotopic (exact) mass is 283 g/mol. The van der Waals surface area contributed by atoms with Crippen molar-refractivity contribution in [2.45, 2.75) is 12.7 Å². The summed E-state index contributed by atoms with van der Waals surface area (Å²) in [5, 5.41) is 12.2. The highest BCUT2D eigenvalue weighted by atomic mass is 19.1. The van der Waals surface area contributed by atoms with E-state index >= 15 is 0 Å². The maximum atomic E-state index is 13.3. The highest BCUT2D eigenvalue weighted by Crippen LogP contribution is 2.17. The fourth-order valence-electron chi connectivity index (χ4n) is 1.64. The van der Waals surface area contributed by atoms with Crippen LogP contribution in [0.5, 0.6) is 0 Å². The van der Waals surface area contributed by atoms with Crippen molar-refractivity contribution in [3.05, 3.63) is 54.0 Å². The molecule has 0 aliphatic heterocycles. The lowest BCUT2D eigenvalue weighted by molar-refractivity contribution is 0.0282. The smallest absolute Gasteiger partial charge is 0.149 e. The van der Waals surface area contributed by atoms with E-state index in [1.165, 1.54) is 12.3 Å². The van der Waals surface area contributed by atoms with Crippen LogP contribution in [-0.4, -0.2) is 24.4 Å². The molecule has 0 aliphatic rings. The number of hydrogen-bond acceptors (Lipinski definition) is 4. The van der Waals surface area contributed by atoms with Gasteiger partial charge in [0.1, 0.15) is 29.7 Å². The van der Waals surface area contributed by atoms with Gasteiger partial charge >= 0.3 is 0 Å². The molecule has 1 aromatic heterocycles. The average molecular weight is 283 g/mol. The van der Waals surface area contributed by atoms with Gasteiger partial charge in [-0.3, -0.25) is 0 Å². The summed E-state index contributed by atoms with van der Waals surface area (Å²) in [4.78, 5) is 0. The number of anilines is 1. The summed E-state index contributed by atoms with van der Waals surface area (Å²) < 4.78 is 36.9. The van der Waals surface area contributed by atoms with Gasteiger partial charge in [-0.05, 0) is 24.3 Å². The van der Waals surface area contributed by atoms with Gasteiger partial charge in [0.05, 0.1) is 19.0 Å². The topological polar surface area (TPSA) is 54.6 Å². The van der Waals surface area contributed by atoms with Crippen LogP contribution in [0.15, 0.2) is 41.0 Å². The molecule has 1 unspecified atom stereocenters. The van der Waals surface area contributed by atoms with E-state index in [1.54, 1.807) is 12.1 Å². The molecule has 0 amide bonds. The number of aliphatic hydroxyl groups is 1. The van der Waals surface area contributed by atoms with Crippen LogP contribution in [0.2, 0.25) is 0 Å². The molecule has 0 aliphatic carbocycles. The van der Waals surface area contributed by atoms with Crippen molar-refractivity contribution in [2.24, 2.45) is 0 Å². The Morgan fingerprint density at radius 1 is 1.20 bits per heavy atom. The summed E-state index contributed by atoms with van der Waals surface area (Å²) in [6.45, 7) is 0.248. The zero-order valence-electron chi connectivity index (χ0n) is 10.7. The molecular formula is C14H15F2NO3. The van der Waals surface area contributed by atoms with Crippen molar-refractivity contribution < 1.29 is 23.0 Å². The molecule has 1 aromatic carbocycles. The molecule has 0 radical (unpaired) electrons. The van der Waals surface area contributed by atoms with Crippen LogP contribution in [0.3, 0.4) is 0 Å². The predicted molar refractivity (Wildman–Crippen MR) is 69.2 cm³/mol. The lowest BCUT2D eigenvalue weighted by atomic mass is 10.2. The molecule has 0 saturated carbocycles.